The number of carboxylic acids is 1. The number of carbonyl (C=O) groups excluding carboxylic acids is 2. The second kappa shape index (κ2) is 6.13. The minimum Gasteiger partial charge on any atom is -0.545 e. The number of hydrogen-bond donors (Lipinski definition) is 1. The Morgan fingerprint density at radius 3 is 2.87 bits per heavy atom. The lowest BCUT2D eigenvalue weighted by Gasteiger charge is -2.02. The summed E-state index contributed by atoms with van der Waals surface area (Å²) in [7, 11) is 1.89. The Balaban J connectivity index is 1.85. The van der Waals surface area contributed by atoms with Gasteiger partial charge in [0, 0.05) is 18.9 Å². The van der Waals surface area contributed by atoms with E-state index < -0.39 is 5.97 Å². The van der Waals surface area contributed by atoms with E-state index in [1.165, 1.54) is 23.9 Å². The van der Waals surface area contributed by atoms with Crippen LogP contribution in [0.5, 0.6) is 0 Å². The van der Waals surface area contributed by atoms with Crippen LogP contribution in [0.1, 0.15) is 16.1 Å². The molecule has 1 aromatic carbocycles. The molecule has 2 aromatic rings. The number of carboxylic acid groups (broad SMARTS) is 1. The number of nitrogens with one attached hydrogen (secondary N) is 1. The van der Waals surface area contributed by atoms with Crippen LogP contribution in [-0.4, -0.2) is 21.6 Å². The third-order valence-corrected chi connectivity index (χ3v) is 4.14. The highest BCUT2D eigenvalue weighted by atomic mass is 32.2. The van der Waals surface area contributed by atoms with E-state index in [1.54, 1.807) is 18.2 Å². The van der Waals surface area contributed by atoms with Gasteiger partial charge in [-0.3, -0.25) is 4.79 Å². The molecule has 0 aliphatic carbocycles. The molecule has 7 heteroatoms. The lowest BCUT2D eigenvalue weighted by atomic mass is 10.2. The number of rotatable bonds is 3. The molecule has 0 radical (unpaired) electrons. The molecule has 1 aliphatic rings. The van der Waals surface area contributed by atoms with Crippen molar-refractivity contribution in [1.82, 2.24) is 9.88 Å². The zero-order valence-electron chi connectivity index (χ0n) is 12.1. The van der Waals surface area contributed by atoms with E-state index in [2.05, 4.69) is 10.3 Å². The highest BCUT2D eigenvalue weighted by Crippen LogP contribution is 2.28. The smallest absolute Gasteiger partial charge is 0.264 e. The molecular formula is C16H12N3O3S-. The maximum atomic E-state index is 12.0. The number of nitrogens with zero attached hydrogens (tertiary/aromatic N) is 2. The lowest BCUT2D eigenvalue weighted by molar-refractivity contribution is -0.255. The second-order valence-electron chi connectivity index (χ2n) is 4.86. The Morgan fingerprint density at radius 2 is 2.17 bits per heavy atom. The maximum absolute atomic E-state index is 12.0. The minimum absolute atomic E-state index is 0.0424. The summed E-state index contributed by atoms with van der Waals surface area (Å²) in [5.74, 6) is -1.49. The SMILES string of the molecule is Cn1cccc1/C=C1/SC(=Nc2cccc(C(=O)[O-])c2)NC1=O. The van der Waals surface area contributed by atoms with Crippen LogP contribution in [0.2, 0.25) is 0 Å². The topological polar surface area (TPSA) is 86.5 Å². The largest absolute Gasteiger partial charge is 0.545 e. The number of thioether (sulfide) groups is 1. The van der Waals surface area contributed by atoms with Crippen LogP contribution < -0.4 is 10.4 Å². The van der Waals surface area contributed by atoms with E-state index in [9.17, 15) is 14.7 Å². The average Bonchev–Trinajstić information content (AvgIpc) is 3.06. The molecule has 2 heterocycles. The summed E-state index contributed by atoms with van der Waals surface area (Å²) in [5, 5.41) is 13.9. The van der Waals surface area contributed by atoms with Crippen LogP contribution in [0.25, 0.3) is 6.08 Å². The number of aryl methyl sites for hydroxylation is 1. The van der Waals surface area contributed by atoms with Gasteiger partial charge in [0.15, 0.2) is 5.17 Å². The number of benzene rings is 1. The normalized spacial score (nSPS) is 17.7. The summed E-state index contributed by atoms with van der Waals surface area (Å²) < 4.78 is 1.90. The molecule has 0 unspecified atom stereocenters. The van der Waals surface area contributed by atoms with E-state index in [0.29, 0.717) is 15.8 Å². The van der Waals surface area contributed by atoms with Gasteiger partial charge < -0.3 is 19.8 Å². The zero-order valence-corrected chi connectivity index (χ0v) is 13.0. The van der Waals surface area contributed by atoms with E-state index in [4.69, 9.17) is 0 Å². The molecule has 6 nitrogen and oxygen atoms in total. The predicted molar refractivity (Wildman–Crippen MR) is 87.0 cm³/mol. The van der Waals surface area contributed by atoms with E-state index >= 15 is 0 Å². The van der Waals surface area contributed by atoms with Gasteiger partial charge in [-0.25, -0.2) is 4.99 Å². The van der Waals surface area contributed by atoms with Crippen molar-refractivity contribution in [1.29, 1.82) is 0 Å². The predicted octanol–water partition coefficient (Wildman–Crippen LogP) is 1.28. The fourth-order valence-corrected chi connectivity index (χ4v) is 2.89. The second-order valence-corrected chi connectivity index (χ2v) is 5.89. The van der Waals surface area contributed by atoms with Crippen molar-refractivity contribution < 1.29 is 14.7 Å². The van der Waals surface area contributed by atoms with Crippen LogP contribution in [0.4, 0.5) is 5.69 Å². The number of aliphatic imine (C=N–C) groups is 1. The number of hydrogen-bond acceptors (Lipinski definition) is 5. The summed E-state index contributed by atoms with van der Waals surface area (Å²) in [6, 6.07) is 9.86. The summed E-state index contributed by atoms with van der Waals surface area (Å²) in [6.07, 6.45) is 3.67. The van der Waals surface area contributed by atoms with Gasteiger partial charge in [-0.1, -0.05) is 12.1 Å². The Bertz CT molecular complexity index is 852. The number of aromatic nitrogens is 1. The van der Waals surface area contributed by atoms with Gasteiger partial charge >= 0.3 is 0 Å². The van der Waals surface area contributed by atoms with Crippen molar-refractivity contribution in [3.63, 3.8) is 0 Å². The van der Waals surface area contributed by atoms with Crippen LogP contribution >= 0.6 is 11.8 Å². The Hall–Kier alpha value is -2.80. The van der Waals surface area contributed by atoms with Crippen LogP contribution in [0.15, 0.2) is 52.5 Å². The van der Waals surface area contributed by atoms with Crippen molar-refractivity contribution in [2.45, 2.75) is 0 Å². The lowest BCUT2D eigenvalue weighted by Crippen LogP contribution is -2.22. The van der Waals surface area contributed by atoms with Gasteiger partial charge in [-0.15, -0.1) is 0 Å². The van der Waals surface area contributed by atoms with E-state index in [0.717, 1.165) is 5.69 Å². The van der Waals surface area contributed by atoms with E-state index in [1.807, 2.05) is 29.9 Å². The average molecular weight is 326 g/mol. The van der Waals surface area contributed by atoms with Crippen LogP contribution in [-0.2, 0) is 11.8 Å². The summed E-state index contributed by atoms with van der Waals surface area (Å²) >= 11 is 1.21. The van der Waals surface area contributed by atoms with Crippen molar-refractivity contribution in [3.05, 3.63) is 58.8 Å². The first-order valence-corrected chi connectivity index (χ1v) is 7.57. The van der Waals surface area contributed by atoms with Gasteiger partial charge in [-0.2, -0.15) is 0 Å². The standard InChI is InChI=1S/C16H13N3O3S/c1-19-7-3-6-12(19)9-13-14(20)18-16(23-13)17-11-5-2-4-10(8-11)15(21)22/h2-9H,1H3,(H,21,22)(H,17,18,20)/p-1/b13-9+. The maximum Gasteiger partial charge on any atom is 0.264 e. The molecule has 1 aromatic heterocycles. The van der Waals surface area contributed by atoms with Gasteiger partial charge in [0.2, 0.25) is 0 Å². The molecule has 23 heavy (non-hydrogen) atoms. The Labute approximate surface area is 136 Å². The Kier molecular flexibility index (Phi) is 4.03. The fourth-order valence-electron chi connectivity index (χ4n) is 2.06. The molecule has 116 valence electrons. The Morgan fingerprint density at radius 1 is 1.35 bits per heavy atom. The van der Waals surface area contributed by atoms with Crippen LogP contribution in [0.3, 0.4) is 0 Å². The number of amides is 1. The molecule has 0 atom stereocenters. The molecule has 1 fully saturated rings. The molecule has 1 amide bonds. The summed E-state index contributed by atoms with van der Waals surface area (Å²) in [5.41, 5.74) is 1.39. The number of carbonyl (C=O) groups is 2. The third-order valence-electron chi connectivity index (χ3n) is 3.23. The fraction of sp³-hybridized carbons (Fsp3) is 0.0625. The summed E-state index contributed by atoms with van der Waals surface area (Å²) in [4.78, 5) is 27.6. The van der Waals surface area contributed by atoms with Crippen molar-refractivity contribution >= 4 is 40.6 Å². The first-order chi connectivity index (χ1) is 11.0. The zero-order chi connectivity index (χ0) is 16.4. The van der Waals surface area contributed by atoms with Crippen LogP contribution in [0, 0.1) is 0 Å². The molecule has 1 N–H and O–H groups in total. The van der Waals surface area contributed by atoms with Crippen molar-refractivity contribution in [2.75, 3.05) is 0 Å². The quantitative estimate of drug-likeness (QED) is 0.861. The molecule has 1 saturated heterocycles. The van der Waals surface area contributed by atoms with Gasteiger partial charge in [0.25, 0.3) is 5.91 Å². The van der Waals surface area contributed by atoms with Gasteiger partial charge in [0.1, 0.15) is 0 Å². The molecule has 0 spiro atoms. The van der Waals surface area contributed by atoms with Crippen molar-refractivity contribution in [2.24, 2.45) is 12.0 Å². The molecule has 3 rings (SSSR count). The highest BCUT2D eigenvalue weighted by Gasteiger charge is 2.24. The van der Waals surface area contributed by atoms with E-state index in [-0.39, 0.29) is 11.5 Å². The molecular weight excluding hydrogens is 314 g/mol. The minimum atomic E-state index is -1.26. The third kappa shape index (κ3) is 3.35. The number of aromatic carboxylic acids is 1. The summed E-state index contributed by atoms with van der Waals surface area (Å²) in [6.45, 7) is 0. The van der Waals surface area contributed by atoms with Gasteiger partial charge in [-0.05, 0) is 47.7 Å². The molecule has 0 bridgehead atoms. The molecule has 1 aliphatic heterocycles. The van der Waals surface area contributed by atoms with Gasteiger partial charge in [0.05, 0.1) is 16.6 Å². The molecule has 0 saturated carbocycles. The number of amidine groups is 1. The highest BCUT2D eigenvalue weighted by molar-refractivity contribution is 8.18. The van der Waals surface area contributed by atoms with Crippen molar-refractivity contribution in [3.8, 4) is 0 Å². The monoisotopic (exact) mass is 326 g/mol. The first kappa shape index (κ1) is 15.1. The first-order valence-electron chi connectivity index (χ1n) is 6.75.